The van der Waals surface area contributed by atoms with Gasteiger partial charge in [-0.05, 0) is 38.5 Å². The SMILES string of the molecule is CCNC(=NCC1CCN(S(=O)(=O)C(F)(F)F)CC1)N1CCC2(CCOC2)C1.I. The minimum absolute atomic E-state index is 0. The molecule has 1 N–H and O–H groups in total. The lowest BCUT2D eigenvalue weighted by Gasteiger charge is -2.31. The van der Waals surface area contributed by atoms with Crippen LogP contribution in [0.15, 0.2) is 4.99 Å². The molecule has 1 unspecified atom stereocenters. The van der Waals surface area contributed by atoms with Crippen molar-refractivity contribution in [1.29, 1.82) is 0 Å². The molecule has 170 valence electrons. The van der Waals surface area contributed by atoms with Crippen LogP contribution in [0.3, 0.4) is 0 Å². The Balaban J connectivity index is 0.00000300. The third kappa shape index (κ3) is 5.67. The minimum atomic E-state index is -5.23. The summed E-state index contributed by atoms with van der Waals surface area (Å²) >= 11 is 0. The van der Waals surface area contributed by atoms with Crippen molar-refractivity contribution in [3.8, 4) is 0 Å². The van der Waals surface area contributed by atoms with E-state index in [0.29, 0.717) is 23.7 Å². The number of hydrogen-bond acceptors (Lipinski definition) is 4. The molecule has 3 fully saturated rings. The Morgan fingerprint density at radius 2 is 1.93 bits per heavy atom. The van der Waals surface area contributed by atoms with Crippen molar-refractivity contribution in [2.75, 3.05) is 52.5 Å². The van der Waals surface area contributed by atoms with Gasteiger partial charge in [0.2, 0.25) is 0 Å². The van der Waals surface area contributed by atoms with Gasteiger partial charge in [0.05, 0.1) is 6.61 Å². The number of halogens is 4. The van der Waals surface area contributed by atoms with Gasteiger partial charge < -0.3 is 15.0 Å². The standard InChI is InChI=1S/C17H29F3N4O3S.HI/c1-2-21-15(23-9-5-16(12-23)6-10-27-13-16)22-11-14-3-7-24(8-4-14)28(25,26)17(18,19)20;/h14H,2-13H2,1H3,(H,21,22);1H. The van der Waals surface area contributed by atoms with E-state index in [1.807, 2.05) is 6.92 Å². The monoisotopic (exact) mass is 554 g/mol. The highest BCUT2D eigenvalue weighted by molar-refractivity contribution is 14.0. The molecule has 0 aromatic carbocycles. The number of nitrogens with zero attached hydrogens (tertiary/aromatic N) is 3. The summed E-state index contributed by atoms with van der Waals surface area (Å²) in [5, 5.41) is 3.30. The second kappa shape index (κ2) is 9.86. The number of ether oxygens (including phenoxy) is 1. The van der Waals surface area contributed by atoms with Crippen molar-refractivity contribution in [2.24, 2.45) is 16.3 Å². The fourth-order valence-electron chi connectivity index (χ4n) is 4.21. The average Bonchev–Trinajstić information content (AvgIpc) is 3.28. The molecule has 0 radical (unpaired) electrons. The van der Waals surface area contributed by atoms with E-state index in [0.717, 1.165) is 51.6 Å². The number of sulfonamides is 1. The quantitative estimate of drug-likeness (QED) is 0.328. The van der Waals surface area contributed by atoms with Crippen LogP contribution in [0.25, 0.3) is 0 Å². The first-order chi connectivity index (χ1) is 13.2. The second-order valence-electron chi connectivity index (χ2n) is 7.96. The van der Waals surface area contributed by atoms with Crippen LogP contribution in [0, 0.1) is 11.3 Å². The van der Waals surface area contributed by atoms with Crippen LogP contribution in [0.2, 0.25) is 0 Å². The van der Waals surface area contributed by atoms with Crippen LogP contribution in [0.5, 0.6) is 0 Å². The van der Waals surface area contributed by atoms with E-state index in [1.165, 1.54) is 0 Å². The van der Waals surface area contributed by atoms with Crippen molar-refractivity contribution < 1.29 is 26.3 Å². The van der Waals surface area contributed by atoms with Gasteiger partial charge in [0, 0.05) is 51.3 Å². The number of aliphatic imine (C=N–C) groups is 1. The summed E-state index contributed by atoms with van der Waals surface area (Å²) in [5.74, 6) is 0.913. The van der Waals surface area contributed by atoms with E-state index >= 15 is 0 Å². The van der Waals surface area contributed by atoms with Crippen LogP contribution in [-0.2, 0) is 14.8 Å². The molecule has 0 amide bonds. The highest BCUT2D eigenvalue weighted by Crippen LogP contribution is 2.38. The molecule has 3 rings (SSSR count). The summed E-state index contributed by atoms with van der Waals surface area (Å²) in [4.78, 5) is 6.95. The zero-order valence-corrected chi connectivity index (χ0v) is 19.7. The molecule has 3 aliphatic rings. The van der Waals surface area contributed by atoms with Crippen LogP contribution in [0.1, 0.15) is 32.6 Å². The summed E-state index contributed by atoms with van der Waals surface area (Å²) in [7, 11) is -5.22. The Morgan fingerprint density at radius 3 is 2.48 bits per heavy atom. The topological polar surface area (TPSA) is 74.2 Å². The molecule has 0 aromatic heterocycles. The molecular weight excluding hydrogens is 524 g/mol. The van der Waals surface area contributed by atoms with E-state index < -0.39 is 15.5 Å². The van der Waals surface area contributed by atoms with Crippen molar-refractivity contribution in [3.05, 3.63) is 0 Å². The predicted molar refractivity (Wildman–Crippen MR) is 115 cm³/mol. The first-order valence-corrected chi connectivity index (χ1v) is 11.3. The van der Waals surface area contributed by atoms with Gasteiger partial charge in [0.15, 0.2) is 5.96 Å². The lowest BCUT2D eigenvalue weighted by Crippen LogP contribution is -2.45. The molecule has 1 spiro atoms. The third-order valence-corrected chi connectivity index (χ3v) is 7.59. The zero-order valence-electron chi connectivity index (χ0n) is 16.6. The number of rotatable bonds is 4. The van der Waals surface area contributed by atoms with Crippen LogP contribution in [-0.4, -0.2) is 81.6 Å². The van der Waals surface area contributed by atoms with Gasteiger partial charge in [-0.25, -0.2) is 8.42 Å². The van der Waals surface area contributed by atoms with Gasteiger partial charge in [-0.2, -0.15) is 17.5 Å². The normalized spacial score (nSPS) is 27.4. The zero-order chi connectivity index (χ0) is 20.4. The minimum Gasteiger partial charge on any atom is -0.381 e. The van der Waals surface area contributed by atoms with Crippen molar-refractivity contribution in [2.45, 2.75) is 38.1 Å². The van der Waals surface area contributed by atoms with E-state index in [2.05, 4.69) is 10.2 Å². The molecule has 0 aliphatic carbocycles. The summed E-state index contributed by atoms with van der Waals surface area (Å²) in [6.45, 7) is 6.42. The lowest BCUT2D eigenvalue weighted by molar-refractivity contribution is -0.0496. The fourth-order valence-corrected chi connectivity index (χ4v) is 5.19. The highest BCUT2D eigenvalue weighted by Gasteiger charge is 2.50. The number of guanidine groups is 1. The average molecular weight is 554 g/mol. The molecule has 7 nitrogen and oxygen atoms in total. The Bertz CT molecular complexity index is 676. The number of piperidine rings is 1. The summed E-state index contributed by atoms with van der Waals surface area (Å²) in [6, 6.07) is 0. The molecule has 3 saturated heterocycles. The van der Waals surface area contributed by atoms with Gasteiger partial charge in [0.1, 0.15) is 0 Å². The van der Waals surface area contributed by atoms with Gasteiger partial charge in [-0.1, -0.05) is 0 Å². The molecular formula is C17H30F3IN4O3S. The molecule has 3 aliphatic heterocycles. The van der Waals surface area contributed by atoms with E-state index in [4.69, 9.17) is 9.73 Å². The summed E-state index contributed by atoms with van der Waals surface area (Å²) in [5.41, 5.74) is -5.01. The van der Waals surface area contributed by atoms with Gasteiger partial charge in [0.25, 0.3) is 0 Å². The number of hydrogen-bond donors (Lipinski definition) is 1. The Hall–Kier alpha value is -0.340. The fraction of sp³-hybridized carbons (Fsp3) is 0.941. The molecule has 29 heavy (non-hydrogen) atoms. The first-order valence-electron chi connectivity index (χ1n) is 9.84. The predicted octanol–water partition coefficient (Wildman–Crippen LogP) is 2.24. The first kappa shape index (κ1) is 24.9. The maximum Gasteiger partial charge on any atom is 0.511 e. The summed E-state index contributed by atoms with van der Waals surface area (Å²) < 4.78 is 67.2. The van der Waals surface area contributed by atoms with E-state index in [1.54, 1.807) is 0 Å². The van der Waals surface area contributed by atoms with Crippen molar-refractivity contribution in [1.82, 2.24) is 14.5 Å². The Kier molecular flexibility index (Phi) is 8.47. The lowest BCUT2D eigenvalue weighted by atomic mass is 9.87. The second-order valence-corrected chi connectivity index (χ2v) is 9.89. The Labute approximate surface area is 187 Å². The van der Waals surface area contributed by atoms with Crippen molar-refractivity contribution in [3.63, 3.8) is 0 Å². The number of nitrogens with one attached hydrogen (secondary N) is 1. The van der Waals surface area contributed by atoms with Gasteiger partial charge in [-0.15, -0.1) is 24.0 Å². The molecule has 0 aromatic rings. The van der Waals surface area contributed by atoms with Crippen LogP contribution < -0.4 is 5.32 Å². The highest BCUT2D eigenvalue weighted by atomic mass is 127. The largest absolute Gasteiger partial charge is 0.511 e. The summed E-state index contributed by atoms with van der Waals surface area (Å²) in [6.07, 6.45) is 2.91. The maximum atomic E-state index is 12.7. The van der Waals surface area contributed by atoms with Crippen molar-refractivity contribution >= 4 is 40.0 Å². The van der Waals surface area contributed by atoms with Crippen LogP contribution >= 0.6 is 24.0 Å². The number of alkyl halides is 3. The van der Waals surface area contributed by atoms with Crippen LogP contribution in [0.4, 0.5) is 13.2 Å². The molecule has 0 bridgehead atoms. The Morgan fingerprint density at radius 1 is 1.24 bits per heavy atom. The van der Waals surface area contributed by atoms with Gasteiger partial charge in [-0.3, -0.25) is 4.99 Å². The smallest absolute Gasteiger partial charge is 0.381 e. The molecule has 3 heterocycles. The van der Waals surface area contributed by atoms with E-state index in [9.17, 15) is 21.6 Å². The maximum absolute atomic E-state index is 12.7. The molecule has 1 atom stereocenters. The molecule has 0 saturated carbocycles. The molecule has 12 heteroatoms. The van der Waals surface area contributed by atoms with Gasteiger partial charge >= 0.3 is 15.5 Å². The van der Waals surface area contributed by atoms with E-state index in [-0.39, 0.29) is 48.4 Å². The third-order valence-electron chi connectivity index (χ3n) is 5.96. The number of likely N-dealkylation sites (tertiary alicyclic amines) is 1.